The summed E-state index contributed by atoms with van der Waals surface area (Å²) in [4.78, 5) is 18.3. The fourth-order valence-corrected chi connectivity index (χ4v) is 3.98. The lowest BCUT2D eigenvalue weighted by molar-refractivity contribution is -0.114. The van der Waals surface area contributed by atoms with E-state index in [9.17, 15) is 4.79 Å². The molecule has 0 aromatic heterocycles. The number of hydrogen-bond acceptors (Lipinski definition) is 3. The molecule has 0 bridgehead atoms. The number of anilines is 1. The zero-order valence-corrected chi connectivity index (χ0v) is 19.3. The van der Waals surface area contributed by atoms with E-state index < -0.39 is 0 Å². The molecule has 26 heavy (non-hydrogen) atoms. The maximum Gasteiger partial charge on any atom is 0.221 e. The summed E-state index contributed by atoms with van der Waals surface area (Å²) in [6, 6.07) is 7.98. The van der Waals surface area contributed by atoms with Gasteiger partial charge in [0.1, 0.15) is 0 Å². The first-order chi connectivity index (χ1) is 11.9. The van der Waals surface area contributed by atoms with Crippen molar-refractivity contribution in [1.29, 1.82) is 0 Å². The van der Waals surface area contributed by atoms with Crippen LogP contribution >= 0.6 is 35.7 Å². The van der Waals surface area contributed by atoms with Crippen LogP contribution in [0.3, 0.4) is 0 Å². The molecule has 0 saturated carbocycles. The summed E-state index contributed by atoms with van der Waals surface area (Å²) < 4.78 is 0.272. The van der Waals surface area contributed by atoms with Gasteiger partial charge in [-0.25, -0.2) is 0 Å². The summed E-state index contributed by atoms with van der Waals surface area (Å²) in [5.74, 6) is 2.11. The number of carbonyl (C=O) groups is 1. The second-order valence-corrected chi connectivity index (χ2v) is 8.70. The van der Waals surface area contributed by atoms with E-state index in [2.05, 4.69) is 36.3 Å². The molecule has 7 heteroatoms. The van der Waals surface area contributed by atoms with Crippen LogP contribution in [0.1, 0.15) is 33.3 Å². The normalized spacial score (nSPS) is 16.6. The standard InChI is InChI=1S/C19H30N4OS.HI/c1-5-20-18(23-12-13-25-19(3,4)14-23)21-11-10-16-6-8-17(9-7-16)22-15(2)24;/h6-9H,5,10-14H2,1-4H3,(H,20,21)(H,22,24);1H. The van der Waals surface area contributed by atoms with Crippen molar-refractivity contribution in [2.75, 3.05) is 37.2 Å². The minimum absolute atomic E-state index is 0. The zero-order valence-electron chi connectivity index (χ0n) is 16.2. The van der Waals surface area contributed by atoms with Gasteiger partial charge in [0.05, 0.1) is 0 Å². The molecule has 146 valence electrons. The van der Waals surface area contributed by atoms with Crippen LogP contribution in [-0.4, -0.2) is 53.4 Å². The van der Waals surface area contributed by atoms with Crippen LogP contribution in [0.15, 0.2) is 29.3 Å². The quantitative estimate of drug-likeness (QED) is 0.376. The van der Waals surface area contributed by atoms with Crippen molar-refractivity contribution < 1.29 is 4.79 Å². The number of guanidine groups is 1. The van der Waals surface area contributed by atoms with Crippen LogP contribution in [-0.2, 0) is 11.2 Å². The third kappa shape index (κ3) is 7.73. The molecule has 1 heterocycles. The van der Waals surface area contributed by atoms with E-state index >= 15 is 0 Å². The largest absolute Gasteiger partial charge is 0.357 e. The van der Waals surface area contributed by atoms with Crippen molar-refractivity contribution in [3.05, 3.63) is 29.8 Å². The fourth-order valence-electron chi connectivity index (χ4n) is 2.87. The average Bonchev–Trinajstić information content (AvgIpc) is 2.54. The van der Waals surface area contributed by atoms with Crippen molar-refractivity contribution in [2.24, 2.45) is 4.99 Å². The zero-order chi connectivity index (χ0) is 18.3. The summed E-state index contributed by atoms with van der Waals surface area (Å²) in [5, 5.41) is 6.21. The van der Waals surface area contributed by atoms with Crippen LogP contribution < -0.4 is 10.6 Å². The molecule has 2 rings (SSSR count). The van der Waals surface area contributed by atoms with Crippen LogP contribution in [0, 0.1) is 0 Å². The Kier molecular flexibility index (Phi) is 9.78. The number of benzene rings is 1. The summed E-state index contributed by atoms with van der Waals surface area (Å²) in [6.07, 6.45) is 0.890. The number of amides is 1. The van der Waals surface area contributed by atoms with Gasteiger partial charge in [-0.1, -0.05) is 12.1 Å². The van der Waals surface area contributed by atoms with Gasteiger partial charge in [0.25, 0.3) is 0 Å². The van der Waals surface area contributed by atoms with Gasteiger partial charge in [-0.05, 0) is 44.9 Å². The van der Waals surface area contributed by atoms with Gasteiger partial charge in [-0.2, -0.15) is 11.8 Å². The molecule has 0 aliphatic carbocycles. The number of nitrogens with one attached hydrogen (secondary N) is 2. The Balaban J connectivity index is 0.00000338. The molecule has 0 radical (unpaired) electrons. The smallest absolute Gasteiger partial charge is 0.221 e. The topological polar surface area (TPSA) is 56.7 Å². The van der Waals surface area contributed by atoms with E-state index in [4.69, 9.17) is 4.99 Å². The van der Waals surface area contributed by atoms with E-state index in [1.807, 2.05) is 36.0 Å². The number of aliphatic imine (C=N–C) groups is 1. The van der Waals surface area contributed by atoms with Gasteiger partial charge in [0.15, 0.2) is 5.96 Å². The average molecular weight is 490 g/mol. The fraction of sp³-hybridized carbons (Fsp3) is 0.579. The monoisotopic (exact) mass is 490 g/mol. The molecule has 1 aromatic carbocycles. The lowest BCUT2D eigenvalue weighted by Gasteiger charge is -2.39. The number of hydrogen-bond donors (Lipinski definition) is 2. The first-order valence-electron chi connectivity index (χ1n) is 8.93. The predicted molar refractivity (Wildman–Crippen MR) is 124 cm³/mol. The van der Waals surface area contributed by atoms with Crippen molar-refractivity contribution in [3.8, 4) is 0 Å². The summed E-state index contributed by atoms with van der Waals surface area (Å²) in [5.41, 5.74) is 2.06. The maximum atomic E-state index is 11.1. The van der Waals surface area contributed by atoms with Crippen molar-refractivity contribution in [1.82, 2.24) is 10.2 Å². The van der Waals surface area contributed by atoms with E-state index in [1.165, 1.54) is 12.5 Å². The minimum atomic E-state index is -0.0461. The van der Waals surface area contributed by atoms with Crippen molar-refractivity contribution in [3.63, 3.8) is 0 Å². The molecule has 1 aliphatic heterocycles. The van der Waals surface area contributed by atoms with E-state index in [0.29, 0.717) is 0 Å². The molecule has 0 unspecified atom stereocenters. The lowest BCUT2D eigenvalue weighted by atomic mass is 10.1. The Morgan fingerprint density at radius 1 is 1.31 bits per heavy atom. The SMILES string of the molecule is CCNC(=NCCc1ccc(NC(C)=O)cc1)N1CCSC(C)(C)C1.I. The molecular formula is C19H31IN4OS. The third-order valence-corrected chi connectivity index (χ3v) is 5.29. The van der Waals surface area contributed by atoms with Gasteiger partial charge in [0.2, 0.25) is 5.91 Å². The summed E-state index contributed by atoms with van der Waals surface area (Å²) in [6.45, 7) is 11.9. The first-order valence-corrected chi connectivity index (χ1v) is 9.92. The highest BCUT2D eigenvalue weighted by molar-refractivity contribution is 14.0. The Morgan fingerprint density at radius 2 is 2.00 bits per heavy atom. The van der Waals surface area contributed by atoms with Gasteiger partial charge < -0.3 is 15.5 Å². The molecular weight excluding hydrogens is 459 g/mol. The van der Waals surface area contributed by atoms with Crippen molar-refractivity contribution in [2.45, 2.75) is 38.9 Å². The first kappa shape index (κ1) is 23.1. The molecule has 1 aliphatic rings. The van der Waals surface area contributed by atoms with Crippen molar-refractivity contribution >= 4 is 53.3 Å². The number of carbonyl (C=O) groups excluding carboxylic acids is 1. The molecule has 1 saturated heterocycles. The van der Waals surface area contributed by atoms with Gasteiger partial charge in [-0.3, -0.25) is 9.79 Å². The van der Waals surface area contributed by atoms with Gasteiger partial charge in [-0.15, -0.1) is 24.0 Å². The third-order valence-electron chi connectivity index (χ3n) is 4.00. The molecule has 0 atom stereocenters. The number of rotatable bonds is 5. The van der Waals surface area contributed by atoms with Gasteiger partial charge >= 0.3 is 0 Å². The maximum absolute atomic E-state index is 11.1. The lowest BCUT2D eigenvalue weighted by Crippen LogP contribution is -2.51. The number of thioether (sulfide) groups is 1. The highest BCUT2D eigenvalue weighted by Gasteiger charge is 2.28. The van der Waals surface area contributed by atoms with Crippen LogP contribution in [0.25, 0.3) is 0 Å². The Hall–Kier alpha value is -0.960. The number of halogens is 1. The molecule has 2 N–H and O–H groups in total. The molecule has 5 nitrogen and oxygen atoms in total. The van der Waals surface area contributed by atoms with E-state index in [1.54, 1.807) is 0 Å². The summed E-state index contributed by atoms with van der Waals surface area (Å²) >= 11 is 2.03. The molecule has 0 spiro atoms. The second kappa shape index (κ2) is 11.0. The van der Waals surface area contributed by atoms with E-state index in [-0.39, 0.29) is 34.6 Å². The minimum Gasteiger partial charge on any atom is -0.357 e. The molecule has 1 fully saturated rings. The van der Waals surface area contributed by atoms with Crippen LogP contribution in [0.4, 0.5) is 5.69 Å². The van der Waals surface area contributed by atoms with Crippen LogP contribution in [0.2, 0.25) is 0 Å². The molecule has 1 amide bonds. The second-order valence-electron chi connectivity index (χ2n) is 6.89. The van der Waals surface area contributed by atoms with Crippen LogP contribution in [0.5, 0.6) is 0 Å². The highest BCUT2D eigenvalue weighted by atomic mass is 127. The Bertz CT molecular complexity index is 604. The Labute approximate surface area is 178 Å². The van der Waals surface area contributed by atoms with E-state index in [0.717, 1.165) is 50.0 Å². The predicted octanol–water partition coefficient (Wildman–Crippen LogP) is 3.60. The summed E-state index contributed by atoms with van der Waals surface area (Å²) in [7, 11) is 0. The van der Waals surface area contributed by atoms with Gasteiger partial charge in [0, 0.05) is 49.3 Å². The molecule has 1 aromatic rings. The number of nitrogens with zero attached hydrogens (tertiary/aromatic N) is 2. The highest BCUT2D eigenvalue weighted by Crippen LogP contribution is 2.29. The Morgan fingerprint density at radius 3 is 2.58 bits per heavy atom.